The predicted molar refractivity (Wildman–Crippen MR) is 217 cm³/mol. The molecule has 0 atom stereocenters. The van der Waals surface area contributed by atoms with E-state index in [9.17, 15) is 0 Å². The molecule has 2 heteroatoms. The van der Waals surface area contributed by atoms with E-state index < -0.39 is 0 Å². The van der Waals surface area contributed by atoms with Crippen molar-refractivity contribution in [3.05, 3.63) is 188 Å². The molecule has 9 aromatic carbocycles. The molecule has 0 bridgehead atoms. The summed E-state index contributed by atoms with van der Waals surface area (Å²) in [6.07, 6.45) is 0. The SMILES string of the molecule is c1cc(-c2cccc3ccccc23)cc(N(c2ccc(-c3cccc4sc5ccccc5c34)cc2)c2ccc3c(ccc4ccccc43)c2)c1. The Morgan fingerprint density at radius 2 is 0.920 bits per heavy atom. The summed E-state index contributed by atoms with van der Waals surface area (Å²) in [5, 5.41) is 10.2. The van der Waals surface area contributed by atoms with Crippen LogP contribution in [0.15, 0.2) is 188 Å². The molecule has 0 aliphatic heterocycles. The van der Waals surface area contributed by atoms with E-state index in [2.05, 4.69) is 193 Å². The summed E-state index contributed by atoms with van der Waals surface area (Å²) in [6, 6.07) is 68.8. The predicted octanol–water partition coefficient (Wildman–Crippen LogP) is 14.3. The van der Waals surface area contributed by atoms with E-state index >= 15 is 0 Å². The van der Waals surface area contributed by atoms with Gasteiger partial charge < -0.3 is 4.90 Å². The normalized spacial score (nSPS) is 11.6. The zero-order valence-electron chi connectivity index (χ0n) is 27.3. The first-order valence-corrected chi connectivity index (χ1v) is 17.9. The van der Waals surface area contributed by atoms with Crippen molar-refractivity contribution < 1.29 is 0 Å². The minimum absolute atomic E-state index is 1.12. The lowest BCUT2D eigenvalue weighted by molar-refractivity contribution is 1.29. The molecule has 0 aliphatic carbocycles. The highest BCUT2D eigenvalue weighted by Gasteiger charge is 2.17. The van der Waals surface area contributed by atoms with Crippen molar-refractivity contribution in [3.63, 3.8) is 0 Å². The Hall–Kier alpha value is -6.22. The molecule has 0 unspecified atom stereocenters. The number of rotatable bonds is 5. The first kappa shape index (κ1) is 28.8. The van der Waals surface area contributed by atoms with Gasteiger partial charge >= 0.3 is 0 Å². The van der Waals surface area contributed by atoms with Crippen LogP contribution in [0.5, 0.6) is 0 Å². The minimum atomic E-state index is 1.12. The number of nitrogens with zero attached hydrogens (tertiary/aromatic N) is 1. The first-order chi connectivity index (χ1) is 24.8. The van der Waals surface area contributed by atoms with Crippen LogP contribution < -0.4 is 4.90 Å². The molecule has 0 N–H and O–H groups in total. The van der Waals surface area contributed by atoms with Crippen molar-refractivity contribution in [2.75, 3.05) is 4.90 Å². The lowest BCUT2D eigenvalue weighted by atomic mass is 9.97. The van der Waals surface area contributed by atoms with Gasteiger partial charge in [-0.05, 0) is 103 Å². The second-order valence-electron chi connectivity index (χ2n) is 12.9. The lowest BCUT2D eigenvalue weighted by Gasteiger charge is -2.27. The molecule has 10 rings (SSSR count). The Balaban J connectivity index is 1.14. The summed E-state index contributed by atoms with van der Waals surface area (Å²) >= 11 is 1.87. The van der Waals surface area contributed by atoms with Crippen LogP contribution in [-0.4, -0.2) is 0 Å². The lowest BCUT2D eigenvalue weighted by Crippen LogP contribution is -2.10. The Morgan fingerprint density at radius 1 is 0.320 bits per heavy atom. The van der Waals surface area contributed by atoms with Gasteiger partial charge in [0.1, 0.15) is 0 Å². The molecule has 0 radical (unpaired) electrons. The van der Waals surface area contributed by atoms with Gasteiger partial charge in [0.15, 0.2) is 0 Å². The molecule has 0 amide bonds. The maximum atomic E-state index is 2.40. The number of fused-ring (bicyclic) bond motifs is 7. The van der Waals surface area contributed by atoms with Crippen LogP contribution in [0, 0.1) is 0 Å². The van der Waals surface area contributed by atoms with Crippen LogP contribution in [-0.2, 0) is 0 Å². The highest BCUT2D eigenvalue weighted by Crippen LogP contribution is 2.43. The van der Waals surface area contributed by atoms with Crippen molar-refractivity contribution in [2.45, 2.75) is 0 Å². The van der Waals surface area contributed by atoms with Crippen LogP contribution in [0.1, 0.15) is 0 Å². The van der Waals surface area contributed by atoms with Gasteiger partial charge in [-0.3, -0.25) is 0 Å². The van der Waals surface area contributed by atoms with Gasteiger partial charge in [-0.1, -0.05) is 140 Å². The number of thiophene rings is 1. The highest BCUT2D eigenvalue weighted by atomic mass is 32.1. The number of hydrogen-bond acceptors (Lipinski definition) is 2. The third kappa shape index (κ3) is 4.76. The Bertz CT molecular complexity index is 2870. The molecule has 0 aliphatic rings. The number of anilines is 3. The second-order valence-corrected chi connectivity index (χ2v) is 14.0. The maximum Gasteiger partial charge on any atom is 0.0468 e. The van der Waals surface area contributed by atoms with E-state index in [0.29, 0.717) is 0 Å². The summed E-state index contributed by atoms with van der Waals surface area (Å²) in [5.41, 5.74) is 8.29. The Labute approximate surface area is 294 Å². The van der Waals surface area contributed by atoms with Gasteiger partial charge in [-0.15, -0.1) is 11.3 Å². The fraction of sp³-hybridized carbons (Fsp3) is 0. The van der Waals surface area contributed by atoms with Crippen molar-refractivity contribution in [1.29, 1.82) is 0 Å². The van der Waals surface area contributed by atoms with Crippen molar-refractivity contribution in [3.8, 4) is 22.3 Å². The van der Waals surface area contributed by atoms with E-state index in [1.165, 1.54) is 74.7 Å². The zero-order chi connectivity index (χ0) is 33.0. The molecule has 50 heavy (non-hydrogen) atoms. The van der Waals surface area contributed by atoms with Crippen LogP contribution in [0.2, 0.25) is 0 Å². The van der Waals surface area contributed by atoms with Gasteiger partial charge in [0.25, 0.3) is 0 Å². The summed E-state index contributed by atoms with van der Waals surface area (Å²) in [7, 11) is 0. The fourth-order valence-electron chi connectivity index (χ4n) is 7.68. The summed E-state index contributed by atoms with van der Waals surface area (Å²) in [4.78, 5) is 2.40. The molecule has 0 spiro atoms. The van der Waals surface area contributed by atoms with Crippen LogP contribution in [0.3, 0.4) is 0 Å². The molecule has 0 saturated carbocycles. The molecule has 1 aromatic heterocycles. The zero-order valence-corrected chi connectivity index (χ0v) is 28.1. The van der Waals surface area contributed by atoms with Crippen LogP contribution in [0.25, 0.3) is 74.7 Å². The average Bonchev–Trinajstić information content (AvgIpc) is 3.57. The highest BCUT2D eigenvalue weighted by molar-refractivity contribution is 7.25. The van der Waals surface area contributed by atoms with Crippen molar-refractivity contribution in [2.24, 2.45) is 0 Å². The van der Waals surface area contributed by atoms with Gasteiger partial charge in [0, 0.05) is 37.2 Å². The van der Waals surface area contributed by atoms with Gasteiger partial charge in [0.05, 0.1) is 0 Å². The first-order valence-electron chi connectivity index (χ1n) is 17.1. The maximum absolute atomic E-state index is 2.40. The molecule has 0 fully saturated rings. The standard InChI is InChI=1S/C48H31NS/c1-3-15-40-32(10-1)12-8-18-42(40)35-13-7-14-38(30-35)49(39-28-29-43-36(31-39)23-22-33-11-2-4-16-41(33)43)37-26-24-34(25-27-37)44-19-9-21-47-48(44)45-17-5-6-20-46(45)50-47/h1-31H. The van der Waals surface area contributed by atoms with E-state index in [1.807, 2.05) is 11.3 Å². The van der Waals surface area contributed by atoms with Crippen LogP contribution >= 0.6 is 11.3 Å². The molecule has 0 saturated heterocycles. The van der Waals surface area contributed by atoms with Crippen molar-refractivity contribution in [1.82, 2.24) is 0 Å². The summed E-state index contributed by atoms with van der Waals surface area (Å²) in [5.74, 6) is 0. The van der Waals surface area contributed by atoms with Gasteiger partial charge in [0.2, 0.25) is 0 Å². The topological polar surface area (TPSA) is 3.24 Å². The molecule has 10 aromatic rings. The molecule has 1 nitrogen and oxygen atoms in total. The molecule has 1 heterocycles. The number of benzene rings is 9. The molecular weight excluding hydrogens is 623 g/mol. The van der Waals surface area contributed by atoms with Crippen molar-refractivity contribution >= 4 is 80.9 Å². The third-order valence-corrected chi connectivity index (χ3v) is 11.2. The van der Waals surface area contributed by atoms with E-state index in [1.54, 1.807) is 0 Å². The van der Waals surface area contributed by atoms with Gasteiger partial charge in [-0.25, -0.2) is 0 Å². The monoisotopic (exact) mass is 653 g/mol. The minimum Gasteiger partial charge on any atom is -0.310 e. The molecular formula is C48H31NS. The second kappa shape index (κ2) is 11.7. The Kier molecular flexibility index (Phi) is 6.75. The largest absolute Gasteiger partial charge is 0.310 e. The smallest absolute Gasteiger partial charge is 0.0468 e. The summed E-state index contributed by atoms with van der Waals surface area (Å²) < 4.78 is 2.65. The fourth-order valence-corrected chi connectivity index (χ4v) is 8.81. The molecule has 234 valence electrons. The average molecular weight is 654 g/mol. The van der Waals surface area contributed by atoms with E-state index in [4.69, 9.17) is 0 Å². The van der Waals surface area contributed by atoms with E-state index in [-0.39, 0.29) is 0 Å². The van der Waals surface area contributed by atoms with Gasteiger partial charge in [-0.2, -0.15) is 0 Å². The Morgan fingerprint density at radius 3 is 1.80 bits per heavy atom. The quantitative estimate of drug-likeness (QED) is 0.167. The van der Waals surface area contributed by atoms with E-state index in [0.717, 1.165) is 17.1 Å². The van der Waals surface area contributed by atoms with Crippen LogP contribution in [0.4, 0.5) is 17.1 Å². The third-order valence-electron chi connectivity index (χ3n) is 10.0. The number of hydrogen-bond donors (Lipinski definition) is 0. The summed E-state index contributed by atoms with van der Waals surface area (Å²) in [6.45, 7) is 0.